The fourth-order valence-corrected chi connectivity index (χ4v) is 5.29. The van der Waals surface area contributed by atoms with Gasteiger partial charge in [0.25, 0.3) is 0 Å². The number of benzene rings is 1. The van der Waals surface area contributed by atoms with Gasteiger partial charge in [-0.1, -0.05) is 30.3 Å². The number of carbonyl (C=O) groups excluding carboxylic acids is 1. The summed E-state index contributed by atoms with van der Waals surface area (Å²) in [5.41, 5.74) is 1.37. The van der Waals surface area contributed by atoms with E-state index in [4.69, 9.17) is 5.11 Å². The summed E-state index contributed by atoms with van der Waals surface area (Å²) in [6.45, 7) is 3.16. The number of rotatable bonds is 4. The van der Waals surface area contributed by atoms with Gasteiger partial charge in [-0.2, -0.15) is 0 Å². The molecule has 4 rings (SSSR count). The highest BCUT2D eigenvalue weighted by Crippen LogP contribution is 2.45. The fourth-order valence-electron chi connectivity index (χ4n) is 5.29. The molecule has 0 aromatic heterocycles. The van der Waals surface area contributed by atoms with Crippen molar-refractivity contribution in [2.75, 3.05) is 26.2 Å². The Morgan fingerprint density at radius 2 is 1.84 bits per heavy atom. The van der Waals surface area contributed by atoms with E-state index in [-0.39, 0.29) is 12.5 Å². The van der Waals surface area contributed by atoms with Gasteiger partial charge in [0.05, 0.1) is 5.92 Å². The lowest BCUT2D eigenvalue weighted by atomic mass is 9.90. The second kappa shape index (κ2) is 7.46. The average Bonchev–Trinajstić information content (AvgIpc) is 3.25. The second-order valence-corrected chi connectivity index (χ2v) is 8.00. The van der Waals surface area contributed by atoms with Gasteiger partial charge in [0.2, 0.25) is 5.91 Å². The van der Waals surface area contributed by atoms with Crippen LogP contribution in [0.5, 0.6) is 0 Å². The van der Waals surface area contributed by atoms with Crippen LogP contribution in [0.1, 0.15) is 50.1 Å². The number of amides is 1. The summed E-state index contributed by atoms with van der Waals surface area (Å²) < 4.78 is 0. The van der Waals surface area contributed by atoms with Crippen molar-refractivity contribution >= 4 is 5.91 Å². The molecule has 1 amide bonds. The van der Waals surface area contributed by atoms with Crippen LogP contribution in [0.4, 0.5) is 0 Å². The maximum atomic E-state index is 13.2. The van der Waals surface area contributed by atoms with Gasteiger partial charge >= 0.3 is 0 Å². The summed E-state index contributed by atoms with van der Waals surface area (Å²) in [7, 11) is 0. The number of aliphatic hydroxyl groups is 1. The van der Waals surface area contributed by atoms with Crippen LogP contribution in [-0.2, 0) is 4.79 Å². The van der Waals surface area contributed by atoms with Gasteiger partial charge in [0.15, 0.2) is 0 Å². The summed E-state index contributed by atoms with van der Waals surface area (Å²) in [5, 5.41) is 9.12. The molecule has 3 aliphatic heterocycles. The lowest BCUT2D eigenvalue weighted by molar-refractivity contribution is -0.137. The van der Waals surface area contributed by atoms with Gasteiger partial charge < -0.3 is 10.0 Å². The van der Waals surface area contributed by atoms with E-state index < -0.39 is 0 Å². The highest BCUT2D eigenvalue weighted by molar-refractivity contribution is 5.80. The number of aliphatic hydroxyl groups excluding tert-OH is 1. The Hall–Kier alpha value is -1.39. The molecule has 3 fully saturated rings. The molecule has 4 nitrogen and oxygen atoms in total. The minimum atomic E-state index is 0.169. The third-order valence-corrected chi connectivity index (χ3v) is 6.65. The summed E-state index contributed by atoms with van der Waals surface area (Å²) in [5.74, 6) is 1.15. The molecule has 0 aliphatic carbocycles. The Bertz CT molecular complexity index is 583. The standard InChI is InChI=1S/C21H30N2O2/c24-14-10-16-8-12-22(13-9-16)21(25)18-15-20(17-5-2-1-3-6-17)23-11-4-7-19(18)23/h1-3,5-6,16,18-20,24H,4,7-15H2/t18-,19+,20-/m0/s1. The Morgan fingerprint density at radius 1 is 1.08 bits per heavy atom. The first-order chi connectivity index (χ1) is 12.3. The molecular weight excluding hydrogens is 312 g/mol. The summed E-state index contributed by atoms with van der Waals surface area (Å²) >= 11 is 0. The smallest absolute Gasteiger partial charge is 0.227 e. The molecule has 3 atom stereocenters. The zero-order valence-electron chi connectivity index (χ0n) is 15.0. The maximum Gasteiger partial charge on any atom is 0.227 e. The van der Waals surface area contributed by atoms with Gasteiger partial charge in [-0.25, -0.2) is 0 Å². The van der Waals surface area contributed by atoms with Crippen LogP contribution >= 0.6 is 0 Å². The van der Waals surface area contributed by atoms with Crippen molar-refractivity contribution in [3.05, 3.63) is 35.9 Å². The van der Waals surface area contributed by atoms with Crippen LogP contribution in [-0.4, -0.2) is 53.1 Å². The Balaban J connectivity index is 1.44. The van der Waals surface area contributed by atoms with Crippen LogP contribution < -0.4 is 0 Å². The minimum Gasteiger partial charge on any atom is -0.396 e. The molecule has 0 saturated carbocycles. The van der Waals surface area contributed by atoms with Crippen LogP contribution in [0.25, 0.3) is 0 Å². The molecule has 25 heavy (non-hydrogen) atoms. The number of fused-ring (bicyclic) bond motifs is 1. The van der Waals surface area contributed by atoms with Crippen molar-refractivity contribution in [3.8, 4) is 0 Å². The molecule has 1 N–H and O–H groups in total. The molecule has 4 heteroatoms. The third kappa shape index (κ3) is 3.34. The third-order valence-electron chi connectivity index (χ3n) is 6.65. The Morgan fingerprint density at radius 3 is 2.56 bits per heavy atom. The molecule has 3 heterocycles. The highest BCUT2D eigenvalue weighted by Gasteiger charge is 2.48. The zero-order valence-corrected chi connectivity index (χ0v) is 15.0. The van der Waals surface area contributed by atoms with E-state index in [9.17, 15) is 4.79 Å². The first-order valence-corrected chi connectivity index (χ1v) is 9.98. The Labute approximate surface area is 150 Å². The predicted octanol–water partition coefficient (Wildman–Crippen LogP) is 2.83. The number of hydrogen-bond donors (Lipinski definition) is 1. The molecule has 1 aromatic carbocycles. The van der Waals surface area contributed by atoms with E-state index in [1.54, 1.807) is 0 Å². The van der Waals surface area contributed by atoms with Crippen molar-refractivity contribution in [3.63, 3.8) is 0 Å². The van der Waals surface area contributed by atoms with Gasteiger partial charge in [-0.15, -0.1) is 0 Å². The molecule has 1 aromatic rings. The normalized spacial score (nSPS) is 30.6. The van der Waals surface area contributed by atoms with Gasteiger partial charge in [-0.3, -0.25) is 9.69 Å². The predicted molar refractivity (Wildman–Crippen MR) is 98.0 cm³/mol. The maximum absolute atomic E-state index is 13.2. The number of carbonyl (C=O) groups is 1. The Kier molecular flexibility index (Phi) is 5.09. The van der Waals surface area contributed by atoms with Gasteiger partial charge in [0.1, 0.15) is 0 Å². The molecule has 3 saturated heterocycles. The SMILES string of the molecule is O=C([C@H]1C[C@@H](c2ccccc2)N2CCC[C@H]12)N1CCC(CCO)CC1. The second-order valence-electron chi connectivity index (χ2n) is 8.00. The number of hydrogen-bond acceptors (Lipinski definition) is 3. The van der Waals surface area contributed by atoms with Crippen LogP contribution in [0.3, 0.4) is 0 Å². The minimum absolute atomic E-state index is 0.169. The quantitative estimate of drug-likeness (QED) is 0.915. The van der Waals surface area contributed by atoms with Crippen molar-refractivity contribution in [1.29, 1.82) is 0 Å². The lowest BCUT2D eigenvalue weighted by Gasteiger charge is -2.34. The number of nitrogens with zero attached hydrogens (tertiary/aromatic N) is 2. The highest BCUT2D eigenvalue weighted by atomic mass is 16.3. The summed E-state index contributed by atoms with van der Waals surface area (Å²) in [6.07, 6.45) is 6.35. The lowest BCUT2D eigenvalue weighted by Crippen LogP contribution is -2.44. The molecule has 0 unspecified atom stereocenters. The zero-order chi connectivity index (χ0) is 17.2. The molecular formula is C21H30N2O2. The summed E-state index contributed by atoms with van der Waals surface area (Å²) in [6, 6.07) is 11.6. The van der Waals surface area contributed by atoms with Crippen LogP contribution in [0, 0.1) is 11.8 Å². The van der Waals surface area contributed by atoms with E-state index in [2.05, 4.69) is 40.1 Å². The summed E-state index contributed by atoms with van der Waals surface area (Å²) in [4.78, 5) is 17.9. The van der Waals surface area contributed by atoms with Gasteiger partial charge in [0, 0.05) is 31.8 Å². The van der Waals surface area contributed by atoms with Crippen molar-refractivity contribution < 1.29 is 9.90 Å². The van der Waals surface area contributed by atoms with Crippen molar-refractivity contribution in [2.24, 2.45) is 11.8 Å². The van der Waals surface area contributed by atoms with Crippen molar-refractivity contribution in [2.45, 2.75) is 50.6 Å². The van der Waals surface area contributed by atoms with E-state index in [0.717, 1.165) is 45.3 Å². The van der Waals surface area contributed by atoms with E-state index in [1.807, 2.05) is 0 Å². The first-order valence-electron chi connectivity index (χ1n) is 9.98. The van der Waals surface area contributed by atoms with Gasteiger partial charge in [-0.05, 0) is 56.6 Å². The molecule has 3 aliphatic rings. The van der Waals surface area contributed by atoms with E-state index >= 15 is 0 Å². The van der Waals surface area contributed by atoms with Crippen molar-refractivity contribution in [1.82, 2.24) is 9.80 Å². The fraction of sp³-hybridized carbons (Fsp3) is 0.667. The molecule has 136 valence electrons. The van der Waals surface area contributed by atoms with Crippen LogP contribution in [0.15, 0.2) is 30.3 Å². The largest absolute Gasteiger partial charge is 0.396 e. The number of piperidine rings is 1. The first kappa shape index (κ1) is 17.0. The monoisotopic (exact) mass is 342 g/mol. The van der Waals surface area contributed by atoms with E-state index in [0.29, 0.717) is 23.9 Å². The number of likely N-dealkylation sites (tertiary alicyclic amines) is 1. The molecule has 0 radical (unpaired) electrons. The average molecular weight is 342 g/mol. The molecule has 0 bridgehead atoms. The van der Waals surface area contributed by atoms with Crippen LogP contribution in [0.2, 0.25) is 0 Å². The molecule has 0 spiro atoms. The topological polar surface area (TPSA) is 43.8 Å². The van der Waals surface area contributed by atoms with E-state index in [1.165, 1.54) is 18.4 Å².